The molecule has 0 aliphatic heterocycles. The molecule has 19 heavy (non-hydrogen) atoms. The maximum absolute atomic E-state index is 7.23. The van der Waals surface area contributed by atoms with Crippen molar-refractivity contribution in [2.75, 3.05) is 33.4 Å². The highest BCUT2D eigenvalue weighted by atomic mass is 16.5. The Kier molecular flexibility index (Phi) is 6.74. The number of likely N-dealkylation sites (N-methyl/N-ethyl adjacent to an activating group) is 1. The largest absolute Gasteiger partial charge is 0.493 e. The standard InChI is InChI=1S/C14H23N3O2/c1-3-17(9-8-14(15)16)10-11-19-13-7-5-4-6-12(13)18-2/h4-7H,3,8-11H2,1-2H3,(H3,15,16). The van der Waals surface area contributed by atoms with Crippen LogP contribution < -0.4 is 15.2 Å². The first kappa shape index (κ1) is 15.3. The summed E-state index contributed by atoms with van der Waals surface area (Å²) >= 11 is 0. The van der Waals surface area contributed by atoms with E-state index in [9.17, 15) is 0 Å². The molecule has 3 N–H and O–H groups in total. The quantitative estimate of drug-likeness (QED) is 0.527. The minimum Gasteiger partial charge on any atom is -0.493 e. The fourth-order valence-electron chi connectivity index (χ4n) is 1.73. The molecule has 106 valence electrons. The summed E-state index contributed by atoms with van der Waals surface area (Å²) in [5.41, 5.74) is 5.36. The van der Waals surface area contributed by atoms with E-state index in [1.54, 1.807) is 7.11 Å². The number of para-hydroxylation sites is 2. The van der Waals surface area contributed by atoms with Gasteiger partial charge in [0, 0.05) is 19.5 Å². The summed E-state index contributed by atoms with van der Waals surface area (Å²) in [7, 11) is 1.63. The van der Waals surface area contributed by atoms with Crippen LogP contribution in [0.3, 0.4) is 0 Å². The lowest BCUT2D eigenvalue weighted by molar-refractivity contribution is 0.214. The van der Waals surface area contributed by atoms with Crippen LogP contribution >= 0.6 is 0 Å². The first-order valence-corrected chi connectivity index (χ1v) is 6.48. The highest BCUT2D eigenvalue weighted by Gasteiger charge is 2.05. The first-order chi connectivity index (χ1) is 9.17. The Morgan fingerprint density at radius 1 is 1.26 bits per heavy atom. The lowest BCUT2D eigenvalue weighted by Gasteiger charge is -2.20. The zero-order valence-electron chi connectivity index (χ0n) is 11.7. The topological polar surface area (TPSA) is 71.6 Å². The van der Waals surface area contributed by atoms with Crippen molar-refractivity contribution in [1.82, 2.24) is 4.90 Å². The Balaban J connectivity index is 2.37. The fourth-order valence-corrected chi connectivity index (χ4v) is 1.73. The normalized spacial score (nSPS) is 10.5. The molecule has 1 aromatic rings. The van der Waals surface area contributed by atoms with Gasteiger partial charge in [-0.05, 0) is 18.7 Å². The van der Waals surface area contributed by atoms with E-state index in [0.29, 0.717) is 13.0 Å². The van der Waals surface area contributed by atoms with E-state index in [1.807, 2.05) is 24.3 Å². The van der Waals surface area contributed by atoms with Crippen LogP contribution in [-0.4, -0.2) is 44.1 Å². The number of rotatable bonds is 9. The summed E-state index contributed by atoms with van der Waals surface area (Å²) in [5.74, 6) is 1.73. The first-order valence-electron chi connectivity index (χ1n) is 6.48. The Morgan fingerprint density at radius 3 is 2.53 bits per heavy atom. The second kappa shape index (κ2) is 8.37. The number of hydrogen-bond donors (Lipinski definition) is 2. The molecule has 5 heteroatoms. The Bertz CT molecular complexity index is 396. The number of benzene rings is 1. The van der Waals surface area contributed by atoms with E-state index < -0.39 is 0 Å². The number of ether oxygens (including phenoxy) is 2. The van der Waals surface area contributed by atoms with Crippen LogP contribution in [0.5, 0.6) is 11.5 Å². The van der Waals surface area contributed by atoms with Gasteiger partial charge in [0.05, 0.1) is 12.9 Å². The monoisotopic (exact) mass is 265 g/mol. The predicted molar refractivity (Wildman–Crippen MR) is 77.1 cm³/mol. The van der Waals surface area contributed by atoms with Crippen LogP contribution in [0.25, 0.3) is 0 Å². The van der Waals surface area contributed by atoms with E-state index in [0.717, 1.165) is 31.1 Å². The van der Waals surface area contributed by atoms with Gasteiger partial charge >= 0.3 is 0 Å². The molecule has 0 radical (unpaired) electrons. The van der Waals surface area contributed by atoms with Crippen LogP contribution in [0.15, 0.2) is 24.3 Å². The molecule has 0 fully saturated rings. The third kappa shape index (κ3) is 5.61. The molecule has 0 atom stereocenters. The summed E-state index contributed by atoms with van der Waals surface area (Å²) in [4.78, 5) is 2.21. The van der Waals surface area contributed by atoms with E-state index in [-0.39, 0.29) is 5.84 Å². The van der Waals surface area contributed by atoms with Crippen molar-refractivity contribution < 1.29 is 9.47 Å². The van der Waals surface area contributed by atoms with Crippen molar-refractivity contribution >= 4 is 5.84 Å². The molecule has 0 amide bonds. The minimum absolute atomic E-state index is 0.226. The van der Waals surface area contributed by atoms with Gasteiger partial charge in [0.2, 0.25) is 0 Å². The predicted octanol–water partition coefficient (Wildman–Crippen LogP) is 1.72. The van der Waals surface area contributed by atoms with Crippen molar-refractivity contribution in [2.45, 2.75) is 13.3 Å². The number of amidine groups is 1. The molecular weight excluding hydrogens is 242 g/mol. The number of methoxy groups -OCH3 is 1. The zero-order valence-corrected chi connectivity index (χ0v) is 11.7. The molecule has 0 unspecified atom stereocenters. The summed E-state index contributed by atoms with van der Waals surface area (Å²) in [6.07, 6.45) is 0.600. The molecule has 0 aromatic heterocycles. The van der Waals surface area contributed by atoms with E-state index in [4.69, 9.17) is 20.6 Å². The molecule has 1 rings (SSSR count). The van der Waals surface area contributed by atoms with Crippen molar-refractivity contribution in [3.05, 3.63) is 24.3 Å². The van der Waals surface area contributed by atoms with Crippen LogP contribution in [0.2, 0.25) is 0 Å². The van der Waals surface area contributed by atoms with Crippen molar-refractivity contribution in [3.8, 4) is 11.5 Å². The van der Waals surface area contributed by atoms with E-state index >= 15 is 0 Å². The molecule has 0 spiro atoms. The third-order valence-electron chi connectivity index (χ3n) is 2.88. The second-order valence-electron chi connectivity index (χ2n) is 4.21. The van der Waals surface area contributed by atoms with Gasteiger partial charge in [-0.25, -0.2) is 0 Å². The molecule has 1 aromatic carbocycles. The smallest absolute Gasteiger partial charge is 0.161 e. The molecule has 0 aliphatic rings. The van der Waals surface area contributed by atoms with Crippen molar-refractivity contribution in [2.24, 2.45) is 5.73 Å². The molecule has 0 bridgehead atoms. The molecule has 0 heterocycles. The summed E-state index contributed by atoms with van der Waals surface area (Å²) < 4.78 is 10.9. The number of hydrogen-bond acceptors (Lipinski definition) is 4. The summed E-state index contributed by atoms with van der Waals surface area (Å²) in [6.45, 7) is 5.20. The SMILES string of the molecule is CCN(CCOc1ccccc1OC)CCC(=N)N. The van der Waals surface area contributed by atoms with Gasteiger partial charge in [-0.3, -0.25) is 10.3 Å². The molecule has 5 nitrogen and oxygen atoms in total. The Hall–Kier alpha value is -1.75. The molecule has 0 saturated carbocycles. The molecule has 0 saturated heterocycles. The van der Waals surface area contributed by atoms with Crippen LogP contribution in [-0.2, 0) is 0 Å². The second-order valence-corrected chi connectivity index (χ2v) is 4.21. The van der Waals surface area contributed by atoms with Gasteiger partial charge in [-0.15, -0.1) is 0 Å². The Morgan fingerprint density at radius 2 is 1.95 bits per heavy atom. The summed E-state index contributed by atoms with van der Waals surface area (Å²) in [6, 6.07) is 7.61. The zero-order chi connectivity index (χ0) is 14.1. The van der Waals surface area contributed by atoms with Crippen molar-refractivity contribution in [1.29, 1.82) is 5.41 Å². The molecule has 0 aliphatic carbocycles. The average Bonchev–Trinajstić information content (AvgIpc) is 2.42. The fraction of sp³-hybridized carbons (Fsp3) is 0.500. The minimum atomic E-state index is 0.226. The summed E-state index contributed by atoms with van der Waals surface area (Å²) in [5, 5.41) is 7.23. The van der Waals surface area contributed by atoms with Gasteiger partial charge in [0.15, 0.2) is 11.5 Å². The van der Waals surface area contributed by atoms with Gasteiger partial charge < -0.3 is 15.2 Å². The number of nitrogens with one attached hydrogen (secondary N) is 1. The van der Waals surface area contributed by atoms with Crippen LogP contribution in [0.4, 0.5) is 0 Å². The molecular formula is C14H23N3O2. The lowest BCUT2D eigenvalue weighted by atomic mass is 10.3. The highest BCUT2D eigenvalue weighted by molar-refractivity contribution is 5.76. The van der Waals surface area contributed by atoms with Gasteiger partial charge in [0.1, 0.15) is 6.61 Å². The van der Waals surface area contributed by atoms with E-state index in [1.165, 1.54) is 0 Å². The van der Waals surface area contributed by atoms with Crippen molar-refractivity contribution in [3.63, 3.8) is 0 Å². The third-order valence-corrected chi connectivity index (χ3v) is 2.88. The number of nitrogens with zero attached hydrogens (tertiary/aromatic N) is 1. The number of nitrogens with two attached hydrogens (primary N) is 1. The lowest BCUT2D eigenvalue weighted by Crippen LogP contribution is -2.31. The average molecular weight is 265 g/mol. The maximum Gasteiger partial charge on any atom is 0.161 e. The van der Waals surface area contributed by atoms with Gasteiger partial charge in [0.25, 0.3) is 0 Å². The van der Waals surface area contributed by atoms with Crippen LogP contribution in [0, 0.1) is 5.41 Å². The maximum atomic E-state index is 7.23. The Labute approximate surface area is 114 Å². The highest BCUT2D eigenvalue weighted by Crippen LogP contribution is 2.25. The van der Waals surface area contributed by atoms with Crippen LogP contribution in [0.1, 0.15) is 13.3 Å². The van der Waals surface area contributed by atoms with Gasteiger partial charge in [-0.2, -0.15) is 0 Å². The van der Waals surface area contributed by atoms with Gasteiger partial charge in [-0.1, -0.05) is 19.1 Å². The van der Waals surface area contributed by atoms with E-state index in [2.05, 4.69) is 11.8 Å².